The van der Waals surface area contributed by atoms with Gasteiger partial charge in [0.15, 0.2) is 0 Å². The van der Waals surface area contributed by atoms with Gasteiger partial charge in [0.1, 0.15) is 5.75 Å². The van der Waals surface area contributed by atoms with Crippen molar-refractivity contribution >= 4 is 26.7 Å². The molecule has 4 heteroatoms. The molecular weight excluding hydrogens is 332 g/mol. The van der Waals surface area contributed by atoms with Crippen molar-refractivity contribution in [3.63, 3.8) is 0 Å². The van der Waals surface area contributed by atoms with Gasteiger partial charge in [-0.05, 0) is 16.8 Å². The lowest BCUT2D eigenvalue weighted by Crippen LogP contribution is -2.07. The predicted octanol–water partition coefficient (Wildman–Crippen LogP) is 4.17. The highest BCUT2D eigenvalue weighted by atomic mass is 79.9. The lowest BCUT2D eigenvalue weighted by Gasteiger charge is -2.13. The second-order valence-corrected chi connectivity index (χ2v) is 5.26. The molecule has 0 aromatic heterocycles. The lowest BCUT2D eigenvalue weighted by molar-refractivity contribution is 0.0644. The molecule has 114 valence electrons. The van der Waals surface area contributed by atoms with E-state index in [2.05, 4.69) is 46.3 Å². The molecule has 0 atom stereocenters. The molecule has 21 heavy (non-hydrogen) atoms. The van der Waals surface area contributed by atoms with Crippen molar-refractivity contribution in [1.82, 2.24) is 0 Å². The summed E-state index contributed by atoms with van der Waals surface area (Å²) >= 11 is 3.56. The highest BCUT2D eigenvalue weighted by molar-refractivity contribution is 9.08. The Kier molecular flexibility index (Phi) is 7.00. The number of ether oxygens (including phenoxy) is 3. The van der Waals surface area contributed by atoms with Crippen LogP contribution in [-0.4, -0.2) is 33.5 Å². The molecule has 0 saturated heterocycles. The van der Waals surface area contributed by atoms with Crippen molar-refractivity contribution in [2.24, 2.45) is 0 Å². The number of hydrogen-bond donors (Lipinski definition) is 0. The SMILES string of the molecule is COCCOCCCOc1ccc2ccccc2c1CBr. The maximum Gasteiger partial charge on any atom is 0.123 e. The van der Waals surface area contributed by atoms with E-state index >= 15 is 0 Å². The Balaban J connectivity index is 1.90. The number of alkyl halides is 1. The van der Waals surface area contributed by atoms with Crippen molar-refractivity contribution in [1.29, 1.82) is 0 Å². The van der Waals surface area contributed by atoms with E-state index in [1.807, 2.05) is 6.07 Å². The molecule has 3 nitrogen and oxygen atoms in total. The zero-order valence-corrected chi connectivity index (χ0v) is 13.9. The van der Waals surface area contributed by atoms with Crippen molar-refractivity contribution in [2.75, 3.05) is 33.5 Å². The molecule has 0 aliphatic carbocycles. The van der Waals surface area contributed by atoms with Gasteiger partial charge in [-0.25, -0.2) is 0 Å². The monoisotopic (exact) mass is 352 g/mol. The second kappa shape index (κ2) is 9.03. The van der Waals surface area contributed by atoms with Gasteiger partial charge >= 0.3 is 0 Å². The summed E-state index contributed by atoms with van der Waals surface area (Å²) in [7, 11) is 1.67. The third-order valence-electron chi connectivity index (χ3n) is 3.25. The van der Waals surface area contributed by atoms with E-state index in [-0.39, 0.29) is 0 Å². The molecule has 0 saturated carbocycles. The van der Waals surface area contributed by atoms with Crippen LogP contribution in [0.1, 0.15) is 12.0 Å². The number of rotatable bonds is 9. The molecule has 0 fully saturated rings. The van der Waals surface area contributed by atoms with Gasteiger partial charge in [-0.2, -0.15) is 0 Å². The average Bonchev–Trinajstić information content (AvgIpc) is 2.53. The van der Waals surface area contributed by atoms with Crippen molar-refractivity contribution in [3.05, 3.63) is 42.0 Å². The Morgan fingerprint density at radius 2 is 1.81 bits per heavy atom. The fraction of sp³-hybridized carbons (Fsp3) is 0.412. The smallest absolute Gasteiger partial charge is 0.123 e. The Bertz CT molecular complexity index is 557. The molecule has 0 radical (unpaired) electrons. The first kappa shape index (κ1) is 16.3. The summed E-state index contributed by atoms with van der Waals surface area (Å²) in [5, 5.41) is 3.26. The Hall–Kier alpha value is -1.10. The molecule has 0 N–H and O–H groups in total. The van der Waals surface area contributed by atoms with Crippen LogP contribution in [0.3, 0.4) is 0 Å². The van der Waals surface area contributed by atoms with Gasteiger partial charge in [-0.1, -0.05) is 46.3 Å². The van der Waals surface area contributed by atoms with Crippen LogP contribution >= 0.6 is 15.9 Å². The first-order valence-electron chi connectivity index (χ1n) is 7.13. The quantitative estimate of drug-likeness (QED) is 0.500. The van der Waals surface area contributed by atoms with Crippen LogP contribution in [-0.2, 0) is 14.8 Å². The summed E-state index contributed by atoms with van der Waals surface area (Å²) in [6.07, 6.45) is 0.873. The number of hydrogen-bond acceptors (Lipinski definition) is 3. The maximum atomic E-state index is 5.90. The van der Waals surface area contributed by atoms with Gasteiger partial charge < -0.3 is 14.2 Å². The van der Waals surface area contributed by atoms with E-state index in [0.717, 1.165) is 17.5 Å². The van der Waals surface area contributed by atoms with Crippen LogP contribution in [0.25, 0.3) is 10.8 Å². The van der Waals surface area contributed by atoms with E-state index in [4.69, 9.17) is 14.2 Å². The van der Waals surface area contributed by atoms with Crippen LogP contribution in [0.15, 0.2) is 36.4 Å². The summed E-state index contributed by atoms with van der Waals surface area (Å²) in [6.45, 7) is 2.63. The molecule has 2 rings (SSSR count). The van der Waals surface area contributed by atoms with E-state index in [9.17, 15) is 0 Å². The summed E-state index contributed by atoms with van der Waals surface area (Å²) in [6, 6.07) is 12.5. The normalized spacial score (nSPS) is 11.0. The topological polar surface area (TPSA) is 27.7 Å². The zero-order chi connectivity index (χ0) is 14.9. The lowest BCUT2D eigenvalue weighted by atomic mass is 10.0. The largest absolute Gasteiger partial charge is 0.493 e. The minimum absolute atomic E-state index is 0.638. The molecule has 0 spiro atoms. The second-order valence-electron chi connectivity index (χ2n) is 4.70. The number of benzene rings is 2. The Labute approximate surface area is 134 Å². The van der Waals surface area contributed by atoms with Crippen LogP contribution in [0.4, 0.5) is 0 Å². The van der Waals surface area contributed by atoms with Gasteiger partial charge in [0.2, 0.25) is 0 Å². The van der Waals surface area contributed by atoms with E-state index in [1.54, 1.807) is 7.11 Å². The van der Waals surface area contributed by atoms with Gasteiger partial charge in [-0.3, -0.25) is 0 Å². The Morgan fingerprint density at radius 3 is 2.62 bits per heavy atom. The third kappa shape index (κ3) is 4.70. The summed E-state index contributed by atoms with van der Waals surface area (Å²) in [5.41, 5.74) is 1.20. The van der Waals surface area contributed by atoms with Gasteiger partial charge in [0.25, 0.3) is 0 Å². The van der Waals surface area contributed by atoms with Gasteiger partial charge in [0, 0.05) is 31.0 Å². The van der Waals surface area contributed by atoms with E-state index < -0.39 is 0 Å². The fourth-order valence-corrected chi connectivity index (χ4v) is 2.75. The van der Waals surface area contributed by atoms with Crippen LogP contribution < -0.4 is 4.74 Å². The van der Waals surface area contributed by atoms with E-state index in [1.165, 1.54) is 16.3 Å². The molecular formula is C17H21BrO3. The standard InChI is InChI=1S/C17H21BrO3/c1-19-11-12-20-9-4-10-21-17-8-7-14-5-2-3-6-15(14)16(17)13-18/h2-3,5-8H,4,9-13H2,1H3. The number of methoxy groups -OCH3 is 1. The fourth-order valence-electron chi connectivity index (χ4n) is 2.18. The van der Waals surface area contributed by atoms with Crippen molar-refractivity contribution in [3.8, 4) is 5.75 Å². The van der Waals surface area contributed by atoms with Gasteiger partial charge in [-0.15, -0.1) is 0 Å². The highest BCUT2D eigenvalue weighted by Gasteiger charge is 2.07. The summed E-state index contributed by atoms with van der Waals surface area (Å²) < 4.78 is 16.3. The molecule has 0 aliphatic rings. The number of halogens is 1. The van der Waals surface area contributed by atoms with Crippen LogP contribution in [0.5, 0.6) is 5.75 Å². The minimum atomic E-state index is 0.638. The average molecular weight is 353 g/mol. The van der Waals surface area contributed by atoms with E-state index in [0.29, 0.717) is 26.4 Å². The molecule has 2 aromatic carbocycles. The van der Waals surface area contributed by atoms with Crippen LogP contribution in [0, 0.1) is 0 Å². The summed E-state index contributed by atoms with van der Waals surface area (Å²) in [5.74, 6) is 0.947. The first-order valence-corrected chi connectivity index (χ1v) is 8.25. The van der Waals surface area contributed by atoms with Crippen molar-refractivity contribution < 1.29 is 14.2 Å². The highest BCUT2D eigenvalue weighted by Crippen LogP contribution is 2.30. The molecule has 0 unspecified atom stereocenters. The molecule has 2 aromatic rings. The molecule has 0 amide bonds. The van der Waals surface area contributed by atoms with Gasteiger partial charge in [0.05, 0.1) is 19.8 Å². The number of fused-ring (bicyclic) bond motifs is 1. The molecule has 0 heterocycles. The van der Waals surface area contributed by atoms with Crippen molar-refractivity contribution in [2.45, 2.75) is 11.8 Å². The minimum Gasteiger partial charge on any atom is -0.493 e. The Morgan fingerprint density at radius 1 is 0.952 bits per heavy atom. The third-order valence-corrected chi connectivity index (χ3v) is 3.81. The zero-order valence-electron chi connectivity index (χ0n) is 12.3. The predicted molar refractivity (Wildman–Crippen MR) is 89.4 cm³/mol. The molecule has 0 bridgehead atoms. The molecule has 0 aliphatic heterocycles. The summed E-state index contributed by atoms with van der Waals surface area (Å²) in [4.78, 5) is 0. The van der Waals surface area contributed by atoms with Crippen LogP contribution in [0.2, 0.25) is 0 Å². The first-order chi connectivity index (χ1) is 10.4. The maximum absolute atomic E-state index is 5.90.